The molecule has 0 aliphatic carbocycles. The van der Waals surface area contributed by atoms with Crippen molar-refractivity contribution in [2.75, 3.05) is 19.7 Å². The van der Waals surface area contributed by atoms with E-state index in [1.807, 2.05) is 0 Å². The molecular formula is C14H21NO. The molecule has 0 radical (unpaired) electrons. The van der Waals surface area contributed by atoms with E-state index in [1.165, 1.54) is 24.8 Å². The van der Waals surface area contributed by atoms with Gasteiger partial charge in [0.2, 0.25) is 0 Å². The Bertz CT molecular complexity index is 293. The second-order valence-corrected chi connectivity index (χ2v) is 4.49. The van der Waals surface area contributed by atoms with Crippen LogP contribution in [-0.4, -0.2) is 24.8 Å². The van der Waals surface area contributed by atoms with Gasteiger partial charge in [-0.05, 0) is 12.0 Å². The van der Waals surface area contributed by atoms with Gasteiger partial charge in [0.05, 0.1) is 6.61 Å². The summed E-state index contributed by atoms with van der Waals surface area (Å²) in [7, 11) is 0. The van der Waals surface area contributed by atoms with Crippen LogP contribution in [0.3, 0.4) is 0 Å². The maximum atomic E-state index is 5.67. The van der Waals surface area contributed by atoms with Crippen LogP contribution in [0, 0.1) is 0 Å². The minimum atomic E-state index is 0.673. The van der Waals surface area contributed by atoms with Crippen molar-refractivity contribution in [2.45, 2.75) is 32.1 Å². The summed E-state index contributed by atoms with van der Waals surface area (Å²) in [5.41, 5.74) is 1.44. The molecule has 1 saturated heterocycles. The van der Waals surface area contributed by atoms with Crippen LogP contribution < -0.4 is 0 Å². The molecule has 0 unspecified atom stereocenters. The largest absolute Gasteiger partial charge is 0.299 e. The molecule has 2 heteroatoms. The molecule has 88 valence electrons. The third-order valence-electron chi connectivity index (χ3n) is 3.14. The molecule has 0 aromatic heterocycles. The highest BCUT2D eigenvalue weighted by Gasteiger charge is 2.28. The van der Waals surface area contributed by atoms with Gasteiger partial charge in [0.1, 0.15) is 0 Å². The molecule has 16 heavy (non-hydrogen) atoms. The predicted octanol–water partition coefficient (Wildman–Crippen LogP) is 3.21. The van der Waals surface area contributed by atoms with Gasteiger partial charge in [-0.15, -0.1) is 0 Å². The Morgan fingerprint density at radius 3 is 2.62 bits per heavy atom. The first-order valence-electron chi connectivity index (χ1n) is 6.33. The van der Waals surface area contributed by atoms with Gasteiger partial charge >= 0.3 is 0 Å². The maximum Gasteiger partial charge on any atom is 0.0685 e. The number of unbranched alkanes of at least 4 members (excludes halogenated alkanes) is 2. The molecule has 1 aromatic rings. The van der Waals surface area contributed by atoms with Crippen LogP contribution in [-0.2, 0) is 4.84 Å². The third kappa shape index (κ3) is 3.06. The van der Waals surface area contributed by atoms with E-state index in [9.17, 15) is 0 Å². The second kappa shape index (κ2) is 6.02. The molecule has 2 nitrogen and oxygen atoms in total. The number of rotatable bonds is 6. The zero-order valence-electron chi connectivity index (χ0n) is 10.1. The molecule has 0 bridgehead atoms. The van der Waals surface area contributed by atoms with Gasteiger partial charge in [0.25, 0.3) is 0 Å². The average Bonchev–Trinajstić information content (AvgIpc) is 2.28. The van der Waals surface area contributed by atoms with Gasteiger partial charge in [-0.1, -0.05) is 50.1 Å². The van der Waals surface area contributed by atoms with Crippen molar-refractivity contribution in [3.63, 3.8) is 0 Å². The van der Waals surface area contributed by atoms with E-state index in [-0.39, 0.29) is 0 Å². The van der Waals surface area contributed by atoms with Crippen molar-refractivity contribution in [1.29, 1.82) is 0 Å². The predicted molar refractivity (Wildman–Crippen MR) is 66.2 cm³/mol. The topological polar surface area (TPSA) is 12.5 Å². The normalized spacial score (nSPS) is 17.3. The van der Waals surface area contributed by atoms with Gasteiger partial charge < -0.3 is 0 Å². The average molecular weight is 219 g/mol. The van der Waals surface area contributed by atoms with Gasteiger partial charge in [-0.2, -0.15) is 5.06 Å². The summed E-state index contributed by atoms with van der Waals surface area (Å²) in [5.74, 6) is 0.673. The molecule has 0 atom stereocenters. The Kier molecular flexibility index (Phi) is 4.37. The molecule has 1 aliphatic rings. The second-order valence-electron chi connectivity index (χ2n) is 4.49. The first kappa shape index (κ1) is 11.6. The molecule has 0 saturated carbocycles. The smallest absolute Gasteiger partial charge is 0.0685 e. The minimum Gasteiger partial charge on any atom is -0.299 e. The SMILES string of the molecule is CCCCCON1CC(c2ccccc2)C1. The van der Waals surface area contributed by atoms with Crippen molar-refractivity contribution in [2.24, 2.45) is 0 Å². The quantitative estimate of drug-likeness (QED) is 0.681. The van der Waals surface area contributed by atoms with Crippen molar-refractivity contribution >= 4 is 0 Å². The van der Waals surface area contributed by atoms with E-state index in [0.717, 1.165) is 19.7 Å². The Labute approximate surface area is 98.2 Å². The van der Waals surface area contributed by atoms with Crippen LogP contribution in [0.4, 0.5) is 0 Å². The fourth-order valence-corrected chi connectivity index (χ4v) is 2.03. The summed E-state index contributed by atoms with van der Waals surface area (Å²) in [4.78, 5) is 5.67. The summed E-state index contributed by atoms with van der Waals surface area (Å²) < 4.78 is 0. The summed E-state index contributed by atoms with van der Waals surface area (Å²) in [6.07, 6.45) is 3.72. The van der Waals surface area contributed by atoms with E-state index in [2.05, 4.69) is 42.3 Å². The summed E-state index contributed by atoms with van der Waals surface area (Å²) in [5, 5.41) is 2.09. The molecule has 1 aromatic carbocycles. The van der Waals surface area contributed by atoms with Crippen molar-refractivity contribution < 1.29 is 4.84 Å². The minimum absolute atomic E-state index is 0.673. The van der Waals surface area contributed by atoms with Crippen LogP contribution in [0.15, 0.2) is 30.3 Å². The van der Waals surface area contributed by atoms with Crippen LogP contribution in [0.5, 0.6) is 0 Å². The summed E-state index contributed by atoms with van der Waals surface area (Å²) in [6, 6.07) is 10.7. The molecule has 1 heterocycles. The third-order valence-corrected chi connectivity index (χ3v) is 3.14. The first-order valence-corrected chi connectivity index (χ1v) is 6.33. The Hall–Kier alpha value is -0.860. The number of hydrogen-bond acceptors (Lipinski definition) is 2. The van der Waals surface area contributed by atoms with Crippen molar-refractivity contribution in [3.8, 4) is 0 Å². The van der Waals surface area contributed by atoms with Gasteiger partial charge in [-0.25, -0.2) is 0 Å². The van der Waals surface area contributed by atoms with Crippen molar-refractivity contribution in [3.05, 3.63) is 35.9 Å². The molecule has 1 fully saturated rings. The Morgan fingerprint density at radius 2 is 1.94 bits per heavy atom. The van der Waals surface area contributed by atoms with Crippen LogP contribution >= 0.6 is 0 Å². The summed E-state index contributed by atoms with van der Waals surface area (Å²) in [6.45, 7) is 5.21. The number of benzene rings is 1. The Balaban J connectivity index is 1.63. The fraction of sp³-hybridized carbons (Fsp3) is 0.571. The molecule has 2 rings (SSSR count). The van der Waals surface area contributed by atoms with Crippen LogP contribution in [0.25, 0.3) is 0 Å². The zero-order valence-corrected chi connectivity index (χ0v) is 10.1. The van der Waals surface area contributed by atoms with E-state index < -0.39 is 0 Å². The lowest BCUT2D eigenvalue weighted by Gasteiger charge is -2.38. The molecule has 0 N–H and O–H groups in total. The molecule has 0 amide bonds. The lowest BCUT2D eigenvalue weighted by Crippen LogP contribution is -2.44. The van der Waals surface area contributed by atoms with Crippen LogP contribution in [0.1, 0.15) is 37.7 Å². The standard InChI is InChI=1S/C14H21NO/c1-2-3-7-10-16-15-11-14(12-15)13-8-5-4-6-9-13/h4-6,8-9,14H,2-3,7,10-12H2,1H3. The highest BCUT2D eigenvalue weighted by molar-refractivity contribution is 5.22. The fourth-order valence-electron chi connectivity index (χ4n) is 2.03. The van der Waals surface area contributed by atoms with E-state index in [4.69, 9.17) is 4.84 Å². The van der Waals surface area contributed by atoms with E-state index in [1.54, 1.807) is 0 Å². The maximum absolute atomic E-state index is 5.67. The van der Waals surface area contributed by atoms with Gasteiger partial charge in [0, 0.05) is 19.0 Å². The zero-order chi connectivity index (χ0) is 11.2. The monoisotopic (exact) mass is 219 g/mol. The number of nitrogens with zero attached hydrogens (tertiary/aromatic N) is 1. The Morgan fingerprint density at radius 1 is 1.19 bits per heavy atom. The van der Waals surface area contributed by atoms with E-state index in [0.29, 0.717) is 5.92 Å². The lowest BCUT2D eigenvalue weighted by molar-refractivity contribution is -0.206. The van der Waals surface area contributed by atoms with Crippen LogP contribution in [0.2, 0.25) is 0 Å². The lowest BCUT2D eigenvalue weighted by atomic mass is 9.93. The number of hydrogen-bond donors (Lipinski definition) is 0. The molecule has 1 aliphatic heterocycles. The first-order chi connectivity index (χ1) is 7.90. The molecule has 0 spiro atoms. The van der Waals surface area contributed by atoms with Gasteiger partial charge in [0.15, 0.2) is 0 Å². The molecular weight excluding hydrogens is 198 g/mol. The van der Waals surface area contributed by atoms with Gasteiger partial charge in [-0.3, -0.25) is 4.84 Å². The number of hydroxylamine groups is 2. The highest BCUT2D eigenvalue weighted by atomic mass is 16.7. The summed E-state index contributed by atoms with van der Waals surface area (Å²) >= 11 is 0. The van der Waals surface area contributed by atoms with E-state index >= 15 is 0 Å². The highest BCUT2D eigenvalue weighted by Crippen LogP contribution is 2.26. The van der Waals surface area contributed by atoms with Crippen molar-refractivity contribution in [1.82, 2.24) is 5.06 Å².